The number of aromatic nitrogens is 3. The lowest BCUT2D eigenvalue weighted by molar-refractivity contribution is -0.223. The van der Waals surface area contributed by atoms with Crippen LogP contribution >= 0.6 is 0 Å². The minimum atomic E-state index is -1.71. The van der Waals surface area contributed by atoms with Crippen molar-refractivity contribution in [2.24, 2.45) is 0 Å². The van der Waals surface area contributed by atoms with Crippen LogP contribution in [0.1, 0.15) is 43.8 Å². The summed E-state index contributed by atoms with van der Waals surface area (Å²) in [5, 5.41) is 46.5. The number of nitrogens with one attached hydrogen (secondary N) is 2. The first-order valence-corrected chi connectivity index (χ1v) is 15.7. The van der Waals surface area contributed by atoms with Crippen molar-refractivity contribution in [2.75, 3.05) is 32.7 Å². The lowest BCUT2D eigenvalue weighted by atomic mass is 9.93. The number of benzene rings is 1. The Kier molecular flexibility index (Phi) is 9.61. The van der Waals surface area contributed by atoms with E-state index in [0.717, 1.165) is 25.7 Å². The number of ether oxygens (including phenoxy) is 2. The van der Waals surface area contributed by atoms with E-state index in [1.807, 2.05) is 30.3 Å². The van der Waals surface area contributed by atoms with Crippen molar-refractivity contribution in [3.05, 3.63) is 42.2 Å². The number of hydrogen-bond donors (Lipinski definition) is 5. The number of para-hydroxylation sites is 1. The fourth-order valence-electron chi connectivity index (χ4n) is 6.73. The molecule has 0 unspecified atom stereocenters. The van der Waals surface area contributed by atoms with Crippen molar-refractivity contribution in [2.45, 2.75) is 87.4 Å². The molecule has 1 aliphatic carbocycles. The van der Waals surface area contributed by atoms with Gasteiger partial charge in [-0.05, 0) is 31.4 Å². The first-order chi connectivity index (χ1) is 21.8. The molecule has 4 aliphatic rings. The highest BCUT2D eigenvalue weighted by Crippen LogP contribution is 2.30. The third-order valence-electron chi connectivity index (χ3n) is 9.22. The van der Waals surface area contributed by atoms with Crippen LogP contribution in [-0.4, -0.2) is 133 Å². The minimum absolute atomic E-state index is 0.152. The predicted octanol–water partition coefficient (Wildman–Crippen LogP) is -1.66. The van der Waals surface area contributed by atoms with E-state index < -0.39 is 60.3 Å². The Balaban J connectivity index is 1.22. The quantitative estimate of drug-likeness (QED) is 0.225. The van der Waals surface area contributed by atoms with E-state index >= 15 is 0 Å². The molecule has 2 aromatic rings. The van der Waals surface area contributed by atoms with Crippen LogP contribution in [0.15, 0.2) is 36.5 Å². The van der Waals surface area contributed by atoms with Crippen LogP contribution in [0.5, 0.6) is 5.75 Å². The van der Waals surface area contributed by atoms with Crippen LogP contribution in [0.4, 0.5) is 0 Å². The number of aliphatic hydroxyl groups is 3. The summed E-state index contributed by atoms with van der Waals surface area (Å²) in [5.41, 5.74) is 0.543. The van der Waals surface area contributed by atoms with Gasteiger partial charge in [0.05, 0.1) is 18.8 Å². The summed E-state index contributed by atoms with van der Waals surface area (Å²) in [5.74, 6) is -0.938. The maximum absolute atomic E-state index is 13.8. The zero-order chi connectivity index (χ0) is 31.5. The molecule has 5 N–H and O–H groups in total. The van der Waals surface area contributed by atoms with Crippen molar-refractivity contribution in [1.29, 1.82) is 0 Å². The van der Waals surface area contributed by atoms with E-state index in [0.29, 0.717) is 30.5 Å². The van der Waals surface area contributed by atoms with Gasteiger partial charge < -0.3 is 45.2 Å². The van der Waals surface area contributed by atoms with Crippen molar-refractivity contribution < 1.29 is 39.2 Å². The van der Waals surface area contributed by atoms with E-state index in [2.05, 4.69) is 20.9 Å². The van der Waals surface area contributed by atoms with E-state index in [-0.39, 0.29) is 32.8 Å². The normalized spacial score (nSPS) is 31.4. The molecule has 1 saturated carbocycles. The Morgan fingerprint density at radius 1 is 1.02 bits per heavy atom. The maximum Gasteiger partial charge on any atom is 0.255 e. The lowest BCUT2D eigenvalue weighted by Gasteiger charge is -2.42. The topological polar surface area (TPSA) is 192 Å². The molecule has 45 heavy (non-hydrogen) atoms. The van der Waals surface area contributed by atoms with Crippen LogP contribution < -0.4 is 15.4 Å². The Morgan fingerprint density at radius 2 is 1.80 bits per heavy atom. The monoisotopic (exact) mass is 627 g/mol. The van der Waals surface area contributed by atoms with Gasteiger partial charge >= 0.3 is 0 Å². The third kappa shape index (κ3) is 6.82. The summed E-state index contributed by atoms with van der Waals surface area (Å²) in [6, 6.07) is 8.06. The van der Waals surface area contributed by atoms with Gasteiger partial charge in [-0.3, -0.25) is 14.4 Å². The molecule has 3 amide bonds. The molecular weight excluding hydrogens is 586 g/mol. The average Bonchev–Trinajstić information content (AvgIpc) is 3.83. The summed E-state index contributed by atoms with van der Waals surface area (Å²) in [7, 11) is 0. The highest BCUT2D eigenvalue weighted by atomic mass is 16.5. The molecule has 7 atom stereocenters. The smallest absolute Gasteiger partial charge is 0.255 e. The van der Waals surface area contributed by atoms with E-state index in [1.165, 1.54) is 9.80 Å². The van der Waals surface area contributed by atoms with Crippen LogP contribution in [0.2, 0.25) is 0 Å². The van der Waals surface area contributed by atoms with E-state index in [4.69, 9.17) is 9.47 Å². The lowest BCUT2D eigenvalue weighted by Crippen LogP contribution is -2.65. The van der Waals surface area contributed by atoms with Gasteiger partial charge in [0.25, 0.3) is 5.91 Å². The van der Waals surface area contributed by atoms with Crippen molar-refractivity contribution >= 4 is 17.7 Å². The molecule has 6 rings (SSSR count). The SMILES string of the molecule is O=C1NC[C@@H]2O[C@H](C(=O)N(CCNC3CCCC3)CC(=O)N3CC[C@@H](n4cc(COc5ccccc5)nn4)[C@@H]13)[C@H](O)[C@H](O)[C@H]2O. The van der Waals surface area contributed by atoms with Crippen LogP contribution in [0.3, 0.4) is 0 Å². The number of nitrogens with zero attached hydrogens (tertiary/aromatic N) is 5. The number of carbonyl (C=O) groups excluding carboxylic acids is 3. The van der Waals surface area contributed by atoms with Gasteiger partial charge in [0.15, 0.2) is 6.10 Å². The zero-order valence-electron chi connectivity index (χ0n) is 25.0. The standard InChI is InChI=1S/C30H41N7O8/c38-23-16-35(13-11-31-18-6-4-5-7-18)30(43)28-27(41)26(40)25(39)22(45-28)14-32-29(42)24-21(10-12-36(23)24)37-15-19(33-34-37)17-44-20-8-2-1-3-9-20/h1-3,8-9,15,18,21-22,24-28,31,39-41H,4-7,10-14,16-17H2,(H,32,42)/t21-,22+,24+,25+,26-,27-,28+/m1/s1. The van der Waals surface area contributed by atoms with Crippen molar-refractivity contribution in [3.63, 3.8) is 0 Å². The number of aliphatic hydroxyl groups excluding tert-OH is 3. The van der Waals surface area contributed by atoms with Gasteiger partial charge in [-0.25, -0.2) is 4.68 Å². The Bertz CT molecular complexity index is 1340. The number of amides is 3. The third-order valence-corrected chi connectivity index (χ3v) is 9.22. The largest absolute Gasteiger partial charge is 0.487 e. The summed E-state index contributed by atoms with van der Waals surface area (Å²) >= 11 is 0. The molecule has 1 aromatic carbocycles. The number of fused-ring (bicyclic) bond motifs is 3. The maximum atomic E-state index is 13.8. The number of rotatable bonds is 8. The van der Waals surface area contributed by atoms with Gasteiger partial charge in [-0.1, -0.05) is 36.3 Å². The predicted molar refractivity (Wildman–Crippen MR) is 156 cm³/mol. The molecule has 244 valence electrons. The second-order valence-electron chi connectivity index (χ2n) is 12.2. The molecule has 15 nitrogen and oxygen atoms in total. The van der Waals surface area contributed by atoms with Gasteiger partial charge in [0.2, 0.25) is 11.8 Å². The van der Waals surface area contributed by atoms with Gasteiger partial charge in [0, 0.05) is 32.2 Å². The second kappa shape index (κ2) is 13.8. The fourth-order valence-corrected chi connectivity index (χ4v) is 6.73. The van der Waals surface area contributed by atoms with Crippen molar-refractivity contribution in [1.82, 2.24) is 35.4 Å². The molecule has 15 heteroatoms. The Labute approximate surface area is 260 Å². The molecule has 4 fully saturated rings. The Hall–Kier alpha value is -3.63. The highest BCUT2D eigenvalue weighted by Gasteiger charge is 2.50. The van der Waals surface area contributed by atoms with Gasteiger partial charge in [-0.15, -0.1) is 5.10 Å². The highest BCUT2D eigenvalue weighted by molar-refractivity contribution is 5.92. The summed E-state index contributed by atoms with van der Waals surface area (Å²) < 4.78 is 13.1. The molecule has 3 aliphatic heterocycles. The van der Waals surface area contributed by atoms with E-state index in [9.17, 15) is 29.7 Å². The van der Waals surface area contributed by atoms with Gasteiger partial charge in [-0.2, -0.15) is 0 Å². The molecule has 4 heterocycles. The van der Waals surface area contributed by atoms with E-state index in [1.54, 1.807) is 10.9 Å². The van der Waals surface area contributed by atoms with Crippen molar-refractivity contribution in [3.8, 4) is 5.75 Å². The van der Waals surface area contributed by atoms with Crippen LogP contribution in [0, 0.1) is 0 Å². The number of hydrogen-bond acceptors (Lipinski definition) is 11. The fraction of sp³-hybridized carbons (Fsp3) is 0.633. The van der Waals surface area contributed by atoms with Crippen LogP contribution in [0.25, 0.3) is 0 Å². The number of carbonyl (C=O) groups is 3. The average molecular weight is 628 g/mol. The summed E-state index contributed by atoms with van der Waals surface area (Å²) in [6.45, 7) is 0.363. The minimum Gasteiger partial charge on any atom is -0.487 e. The molecule has 1 aromatic heterocycles. The zero-order valence-corrected chi connectivity index (χ0v) is 25.0. The Morgan fingerprint density at radius 3 is 2.58 bits per heavy atom. The summed E-state index contributed by atoms with van der Waals surface area (Å²) in [6.07, 6.45) is -1.19. The first-order valence-electron chi connectivity index (χ1n) is 15.7. The molecule has 2 bridgehead atoms. The van der Waals surface area contributed by atoms with Gasteiger partial charge in [0.1, 0.15) is 48.5 Å². The molecular formula is C30H41N7O8. The molecule has 0 spiro atoms. The summed E-state index contributed by atoms with van der Waals surface area (Å²) in [4.78, 5) is 44.0. The van der Waals surface area contributed by atoms with Crippen LogP contribution in [-0.2, 0) is 25.7 Å². The first kappa shape index (κ1) is 31.4. The molecule has 3 saturated heterocycles. The molecule has 0 radical (unpaired) electrons. The second-order valence-corrected chi connectivity index (χ2v) is 12.2.